The van der Waals surface area contributed by atoms with Crippen molar-refractivity contribution in [2.45, 2.75) is 150 Å². The molecule has 1 unspecified atom stereocenters. The van der Waals surface area contributed by atoms with Crippen LogP contribution < -0.4 is 0 Å². The zero-order chi connectivity index (χ0) is 27.4. The lowest BCUT2D eigenvalue weighted by atomic mass is 9.69. The number of benzene rings is 2. The fourth-order valence-corrected chi connectivity index (χ4v) is 5.05. The molecule has 0 aliphatic carbocycles. The molecule has 0 saturated heterocycles. The summed E-state index contributed by atoms with van der Waals surface area (Å²) in [6.07, 6.45) is 1.06. The van der Waals surface area contributed by atoms with E-state index < -0.39 is 0 Å². The minimum Gasteiger partial charge on any atom is -0.0581 e. The van der Waals surface area contributed by atoms with Crippen LogP contribution >= 0.6 is 0 Å². The first-order chi connectivity index (χ1) is 15.4. The molecule has 0 bridgehead atoms. The van der Waals surface area contributed by atoms with Gasteiger partial charge in [-0.3, -0.25) is 0 Å². The maximum Gasteiger partial charge on any atom is -0.0129 e. The molecule has 2 aromatic rings. The quantitative estimate of drug-likeness (QED) is 0.413. The Labute approximate surface area is 219 Å². The van der Waals surface area contributed by atoms with Crippen molar-refractivity contribution >= 4 is 0 Å². The molecule has 0 saturated carbocycles. The van der Waals surface area contributed by atoms with Crippen LogP contribution in [0.15, 0.2) is 30.3 Å². The van der Waals surface area contributed by atoms with E-state index in [1.54, 1.807) is 0 Å². The van der Waals surface area contributed by atoms with Gasteiger partial charge in [-0.25, -0.2) is 0 Å². The molecule has 2 rings (SSSR count). The third-order valence-electron chi connectivity index (χ3n) is 7.41. The van der Waals surface area contributed by atoms with Crippen molar-refractivity contribution < 1.29 is 0 Å². The molecular formula is C35H56. The molecule has 0 aromatic heterocycles. The zero-order valence-corrected chi connectivity index (χ0v) is 26.2. The van der Waals surface area contributed by atoms with Crippen LogP contribution in [-0.2, 0) is 33.5 Å². The van der Waals surface area contributed by atoms with Gasteiger partial charge in [-0.1, -0.05) is 141 Å². The maximum absolute atomic E-state index is 2.57. The molecule has 0 heterocycles. The highest BCUT2D eigenvalue weighted by Crippen LogP contribution is 2.42. The van der Waals surface area contributed by atoms with Gasteiger partial charge < -0.3 is 0 Å². The van der Waals surface area contributed by atoms with Crippen LogP contribution in [0.3, 0.4) is 0 Å². The maximum atomic E-state index is 2.57. The third kappa shape index (κ3) is 7.24. The smallest absolute Gasteiger partial charge is 0.0129 e. The highest BCUT2D eigenvalue weighted by atomic mass is 14.4. The van der Waals surface area contributed by atoms with E-state index in [1.165, 1.54) is 38.9 Å². The van der Waals surface area contributed by atoms with Crippen molar-refractivity contribution in [3.8, 4) is 0 Å². The molecule has 0 heteroatoms. The van der Waals surface area contributed by atoms with E-state index in [1.807, 2.05) is 0 Å². The standard InChI is InChI=1S/C35H56/c1-23(17-24-18-25(31(2,3)4)20-26(19-24)32(5,6)7)27-21-29(34(11,12)13)30(35(14,15)16)22-28(27)33(8,9)10/h18-23H,17H2,1-16H3. The molecular weight excluding hydrogens is 420 g/mol. The van der Waals surface area contributed by atoms with E-state index in [9.17, 15) is 0 Å². The van der Waals surface area contributed by atoms with Crippen LogP contribution in [0.25, 0.3) is 0 Å². The lowest BCUT2D eigenvalue weighted by Gasteiger charge is -2.35. The second-order valence-corrected chi connectivity index (χ2v) is 16.3. The molecule has 1 atom stereocenters. The average Bonchev–Trinajstić information content (AvgIpc) is 2.63. The van der Waals surface area contributed by atoms with Crippen LogP contribution in [-0.4, -0.2) is 0 Å². The first kappa shape index (κ1) is 29.7. The first-order valence-corrected chi connectivity index (χ1v) is 13.8. The van der Waals surface area contributed by atoms with Crippen molar-refractivity contribution in [1.82, 2.24) is 0 Å². The van der Waals surface area contributed by atoms with Gasteiger partial charge in [0, 0.05) is 0 Å². The fraction of sp³-hybridized carbons (Fsp3) is 0.657. The molecule has 0 aliphatic rings. The highest BCUT2D eigenvalue weighted by Gasteiger charge is 2.31. The summed E-state index contributed by atoms with van der Waals surface area (Å²) in [5, 5.41) is 0. The van der Waals surface area contributed by atoms with Crippen molar-refractivity contribution in [1.29, 1.82) is 0 Å². The van der Waals surface area contributed by atoms with Gasteiger partial charge in [0.25, 0.3) is 0 Å². The minimum absolute atomic E-state index is 0.101. The number of rotatable bonds is 3. The SMILES string of the molecule is CC(Cc1cc(C(C)(C)C)cc(C(C)(C)C)c1)c1cc(C(C)(C)C)c(C(C)(C)C)cc1C(C)(C)C. The van der Waals surface area contributed by atoms with Gasteiger partial charge in [0.1, 0.15) is 0 Å². The summed E-state index contributed by atoms with van der Waals surface area (Å²) in [7, 11) is 0. The summed E-state index contributed by atoms with van der Waals surface area (Å²) in [6, 6.07) is 12.5. The molecule has 0 spiro atoms. The van der Waals surface area contributed by atoms with E-state index in [0.29, 0.717) is 5.92 Å². The predicted octanol–water partition coefficient (Wildman–Crippen LogP) is 10.5. The molecule has 0 N–H and O–H groups in total. The van der Waals surface area contributed by atoms with Crippen molar-refractivity contribution in [3.05, 3.63) is 69.3 Å². The minimum atomic E-state index is 0.101. The molecule has 0 aliphatic heterocycles. The predicted molar refractivity (Wildman–Crippen MR) is 159 cm³/mol. The Bertz CT molecular complexity index is 996. The molecule has 0 nitrogen and oxygen atoms in total. The topological polar surface area (TPSA) is 0 Å². The van der Waals surface area contributed by atoms with E-state index in [4.69, 9.17) is 0 Å². The van der Waals surface area contributed by atoms with Crippen LogP contribution in [0.5, 0.6) is 0 Å². The van der Waals surface area contributed by atoms with Gasteiger partial charge >= 0.3 is 0 Å². The van der Waals surface area contributed by atoms with Crippen molar-refractivity contribution in [2.75, 3.05) is 0 Å². The molecule has 2 aromatic carbocycles. The van der Waals surface area contributed by atoms with E-state index >= 15 is 0 Å². The summed E-state index contributed by atoms with van der Waals surface area (Å²) in [4.78, 5) is 0. The zero-order valence-electron chi connectivity index (χ0n) is 26.2. The Morgan fingerprint density at radius 3 is 1.17 bits per heavy atom. The monoisotopic (exact) mass is 476 g/mol. The molecule has 0 amide bonds. The van der Waals surface area contributed by atoms with Gasteiger partial charge in [0.2, 0.25) is 0 Å². The van der Waals surface area contributed by atoms with Gasteiger partial charge in [0.05, 0.1) is 0 Å². The van der Waals surface area contributed by atoms with Crippen LogP contribution in [0, 0.1) is 0 Å². The second-order valence-electron chi connectivity index (χ2n) is 16.3. The van der Waals surface area contributed by atoms with Crippen molar-refractivity contribution in [3.63, 3.8) is 0 Å². The second kappa shape index (κ2) is 9.39. The lowest BCUT2D eigenvalue weighted by Crippen LogP contribution is -2.26. The highest BCUT2D eigenvalue weighted by molar-refractivity contribution is 5.49. The Morgan fingerprint density at radius 2 is 0.829 bits per heavy atom. The summed E-state index contributed by atoms with van der Waals surface area (Å²) in [5.74, 6) is 0.447. The first-order valence-electron chi connectivity index (χ1n) is 13.8. The third-order valence-corrected chi connectivity index (χ3v) is 7.41. The van der Waals surface area contributed by atoms with Gasteiger partial charge in [0.15, 0.2) is 0 Å². The average molecular weight is 477 g/mol. The number of hydrogen-bond donors (Lipinski definition) is 0. The Kier molecular flexibility index (Phi) is 7.96. The van der Waals surface area contributed by atoms with E-state index in [0.717, 1.165) is 6.42 Å². The summed E-state index contributed by atoms with van der Waals surface area (Å²) in [5.41, 5.74) is 11.0. The summed E-state index contributed by atoms with van der Waals surface area (Å²) < 4.78 is 0. The molecule has 0 fully saturated rings. The number of hydrogen-bond acceptors (Lipinski definition) is 0. The van der Waals surface area contributed by atoms with Crippen LogP contribution in [0.1, 0.15) is 156 Å². The Morgan fingerprint density at radius 1 is 0.457 bits per heavy atom. The van der Waals surface area contributed by atoms with Gasteiger partial charge in [-0.05, 0) is 78.4 Å². The molecule has 35 heavy (non-hydrogen) atoms. The largest absolute Gasteiger partial charge is 0.0581 e. The fourth-order valence-electron chi connectivity index (χ4n) is 5.05. The molecule has 196 valence electrons. The summed E-state index contributed by atoms with van der Waals surface area (Å²) >= 11 is 0. The molecule has 0 radical (unpaired) electrons. The Balaban J connectivity index is 2.73. The van der Waals surface area contributed by atoms with Crippen LogP contribution in [0.2, 0.25) is 0 Å². The van der Waals surface area contributed by atoms with E-state index in [2.05, 4.69) is 141 Å². The summed E-state index contributed by atoms with van der Waals surface area (Å²) in [6.45, 7) is 37.7. The van der Waals surface area contributed by atoms with Gasteiger partial charge in [-0.2, -0.15) is 0 Å². The van der Waals surface area contributed by atoms with Gasteiger partial charge in [-0.15, -0.1) is 0 Å². The normalized spacial score (nSPS) is 14.9. The van der Waals surface area contributed by atoms with Crippen molar-refractivity contribution in [2.24, 2.45) is 0 Å². The Hall–Kier alpha value is -1.56. The van der Waals surface area contributed by atoms with E-state index in [-0.39, 0.29) is 27.1 Å². The van der Waals surface area contributed by atoms with Crippen LogP contribution in [0.4, 0.5) is 0 Å². The lowest BCUT2D eigenvalue weighted by molar-refractivity contribution is 0.516.